The van der Waals surface area contributed by atoms with Crippen LogP contribution in [0.15, 0.2) is 18.2 Å². The van der Waals surface area contributed by atoms with Gasteiger partial charge in [-0.25, -0.2) is 4.79 Å². The highest BCUT2D eigenvalue weighted by atomic mass is 28.4. The fraction of sp³-hybridized carbons (Fsp3) is 0.609. The molecule has 196 valence electrons. The summed E-state index contributed by atoms with van der Waals surface area (Å²) >= 11 is 0. The molecule has 0 radical (unpaired) electrons. The smallest absolute Gasteiger partial charge is 0.407 e. The van der Waals surface area contributed by atoms with Gasteiger partial charge in [-0.15, -0.1) is 0 Å². The molecular formula is C23H36FN3O7Si. The first-order valence-electron chi connectivity index (χ1n) is 11.3. The van der Waals surface area contributed by atoms with E-state index in [1.807, 2.05) is 33.9 Å². The Morgan fingerprint density at radius 3 is 2.17 bits per heavy atom. The Hall–Kier alpha value is -2.86. The summed E-state index contributed by atoms with van der Waals surface area (Å²) in [5.41, 5.74) is -1.47. The van der Waals surface area contributed by atoms with Crippen LogP contribution in [0.2, 0.25) is 18.1 Å². The zero-order valence-electron chi connectivity index (χ0n) is 21.8. The molecule has 1 aromatic rings. The molecule has 0 saturated carbocycles. The van der Waals surface area contributed by atoms with E-state index < -0.39 is 66.3 Å². The van der Waals surface area contributed by atoms with E-state index in [1.165, 1.54) is 20.0 Å². The SMILES string of the molecule is CC(C)N(C(=O)c1cccc([N+](=O)[O-])c1F)C(=O)[C@H](C)[C@H](CN(C)C(=O)O)O[Si](C)(C)C(C)(C)C. The van der Waals surface area contributed by atoms with Gasteiger partial charge in [-0.05, 0) is 38.0 Å². The van der Waals surface area contributed by atoms with Crippen molar-refractivity contribution < 1.29 is 33.2 Å². The first kappa shape index (κ1) is 30.2. The van der Waals surface area contributed by atoms with E-state index in [2.05, 4.69) is 0 Å². The van der Waals surface area contributed by atoms with Crippen molar-refractivity contribution in [3.8, 4) is 0 Å². The van der Waals surface area contributed by atoms with Crippen LogP contribution in [0.25, 0.3) is 0 Å². The van der Waals surface area contributed by atoms with Crippen molar-refractivity contribution in [1.82, 2.24) is 9.80 Å². The third kappa shape index (κ3) is 7.07. The second-order valence-corrected chi connectivity index (χ2v) is 15.1. The average molecular weight is 514 g/mol. The Balaban J connectivity index is 3.45. The molecule has 0 heterocycles. The van der Waals surface area contributed by atoms with Crippen molar-refractivity contribution in [1.29, 1.82) is 0 Å². The number of carbonyl (C=O) groups excluding carboxylic acids is 2. The number of nitro groups is 1. The molecule has 1 N–H and O–H groups in total. The van der Waals surface area contributed by atoms with Crippen molar-refractivity contribution in [2.75, 3.05) is 13.6 Å². The van der Waals surface area contributed by atoms with Crippen LogP contribution >= 0.6 is 0 Å². The molecular weight excluding hydrogens is 477 g/mol. The molecule has 0 saturated heterocycles. The number of rotatable bonds is 9. The summed E-state index contributed by atoms with van der Waals surface area (Å²) in [6, 6.07) is 2.48. The largest absolute Gasteiger partial charge is 0.465 e. The highest BCUT2D eigenvalue weighted by Crippen LogP contribution is 2.38. The van der Waals surface area contributed by atoms with Gasteiger partial charge in [0.1, 0.15) is 0 Å². The van der Waals surface area contributed by atoms with Crippen LogP contribution in [0.1, 0.15) is 51.9 Å². The molecule has 0 unspecified atom stereocenters. The summed E-state index contributed by atoms with van der Waals surface area (Å²) < 4.78 is 21.2. The molecule has 35 heavy (non-hydrogen) atoms. The molecule has 1 rings (SSSR count). The van der Waals surface area contributed by atoms with Crippen LogP contribution in [-0.2, 0) is 9.22 Å². The standard InChI is InChI=1S/C23H36FN3O7Si/c1-14(2)26(21(29)16-11-10-12-17(19(16)24)27(32)33)20(28)15(3)18(13-25(7)22(30)31)34-35(8,9)23(4,5)6/h10-12,14-15,18H,13H2,1-9H3,(H,30,31)/t15-,18+/m1/s1. The maximum absolute atomic E-state index is 14.7. The molecule has 0 fully saturated rings. The molecule has 0 aliphatic carbocycles. The summed E-state index contributed by atoms with van der Waals surface area (Å²) in [7, 11) is -1.12. The summed E-state index contributed by atoms with van der Waals surface area (Å²) in [5, 5.41) is 20.3. The Bertz CT molecular complexity index is 978. The Morgan fingerprint density at radius 1 is 1.20 bits per heavy atom. The monoisotopic (exact) mass is 513 g/mol. The Kier molecular flexibility index (Phi) is 9.70. The maximum atomic E-state index is 14.7. The predicted molar refractivity (Wildman–Crippen MR) is 131 cm³/mol. The van der Waals surface area contributed by atoms with Gasteiger partial charge in [0.15, 0.2) is 8.32 Å². The molecule has 2 atom stereocenters. The van der Waals surface area contributed by atoms with E-state index in [9.17, 15) is 34.0 Å². The van der Waals surface area contributed by atoms with Crippen LogP contribution in [0, 0.1) is 21.8 Å². The number of carbonyl (C=O) groups is 3. The quantitative estimate of drug-likeness (QED) is 0.286. The summed E-state index contributed by atoms with van der Waals surface area (Å²) in [5.74, 6) is -4.01. The van der Waals surface area contributed by atoms with E-state index >= 15 is 0 Å². The molecule has 3 amide bonds. The highest BCUT2D eigenvalue weighted by Gasteiger charge is 2.43. The van der Waals surface area contributed by atoms with Crippen molar-refractivity contribution in [2.24, 2.45) is 5.92 Å². The van der Waals surface area contributed by atoms with Gasteiger partial charge >= 0.3 is 11.8 Å². The van der Waals surface area contributed by atoms with Crippen molar-refractivity contribution in [3.63, 3.8) is 0 Å². The van der Waals surface area contributed by atoms with Gasteiger partial charge < -0.3 is 14.4 Å². The topological polar surface area (TPSA) is 130 Å². The van der Waals surface area contributed by atoms with E-state index in [0.29, 0.717) is 0 Å². The lowest BCUT2D eigenvalue weighted by molar-refractivity contribution is -0.387. The molecule has 0 bridgehead atoms. The summed E-state index contributed by atoms with van der Waals surface area (Å²) in [4.78, 5) is 50.3. The number of likely N-dealkylation sites (N-methyl/N-ethyl adjacent to an activating group) is 1. The molecule has 0 aromatic heterocycles. The van der Waals surface area contributed by atoms with Crippen molar-refractivity contribution >= 4 is 31.9 Å². The zero-order valence-corrected chi connectivity index (χ0v) is 22.8. The van der Waals surface area contributed by atoms with Gasteiger partial charge in [0.05, 0.1) is 22.5 Å². The first-order valence-corrected chi connectivity index (χ1v) is 14.2. The highest BCUT2D eigenvalue weighted by molar-refractivity contribution is 6.74. The molecule has 10 nitrogen and oxygen atoms in total. The number of imide groups is 1. The lowest BCUT2D eigenvalue weighted by Gasteiger charge is -2.42. The van der Waals surface area contributed by atoms with Gasteiger partial charge in [-0.3, -0.25) is 24.6 Å². The van der Waals surface area contributed by atoms with Crippen LogP contribution < -0.4 is 0 Å². The third-order valence-electron chi connectivity index (χ3n) is 6.36. The second kappa shape index (κ2) is 11.3. The van der Waals surface area contributed by atoms with Gasteiger partial charge in [0, 0.05) is 25.7 Å². The van der Waals surface area contributed by atoms with Crippen LogP contribution in [0.5, 0.6) is 0 Å². The van der Waals surface area contributed by atoms with E-state index in [0.717, 1.165) is 21.9 Å². The van der Waals surface area contributed by atoms with Gasteiger partial charge in [0.25, 0.3) is 5.91 Å². The summed E-state index contributed by atoms with van der Waals surface area (Å²) in [6.45, 7) is 14.4. The number of benzene rings is 1. The lowest BCUT2D eigenvalue weighted by atomic mass is 10.0. The minimum absolute atomic E-state index is 0.125. The molecule has 0 spiro atoms. The van der Waals surface area contributed by atoms with Gasteiger partial charge in [-0.1, -0.05) is 33.8 Å². The van der Waals surface area contributed by atoms with Crippen LogP contribution in [0.4, 0.5) is 14.9 Å². The number of amides is 3. The summed E-state index contributed by atoms with van der Waals surface area (Å²) in [6.07, 6.45) is -2.09. The molecule has 0 aliphatic rings. The maximum Gasteiger partial charge on any atom is 0.407 e. The number of nitro benzene ring substituents is 1. The second-order valence-electron chi connectivity index (χ2n) is 10.4. The Morgan fingerprint density at radius 2 is 1.74 bits per heavy atom. The predicted octanol–water partition coefficient (Wildman–Crippen LogP) is 4.75. The number of carboxylic acid groups (broad SMARTS) is 1. The molecule has 0 aliphatic heterocycles. The van der Waals surface area contributed by atoms with E-state index in [1.54, 1.807) is 13.8 Å². The molecule has 1 aromatic carbocycles. The van der Waals surface area contributed by atoms with Gasteiger partial charge in [-0.2, -0.15) is 4.39 Å². The lowest BCUT2D eigenvalue weighted by Crippen LogP contribution is -2.54. The van der Waals surface area contributed by atoms with E-state index in [4.69, 9.17) is 4.43 Å². The fourth-order valence-electron chi connectivity index (χ4n) is 3.12. The number of nitrogens with zero attached hydrogens (tertiary/aromatic N) is 3. The molecule has 12 heteroatoms. The van der Waals surface area contributed by atoms with Crippen molar-refractivity contribution in [2.45, 2.75) is 71.8 Å². The fourth-order valence-corrected chi connectivity index (χ4v) is 4.51. The number of halogens is 1. The van der Waals surface area contributed by atoms with Crippen LogP contribution in [0.3, 0.4) is 0 Å². The minimum atomic E-state index is -2.47. The zero-order chi connectivity index (χ0) is 27.5. The Labute approximate surface area is 206 Å². The third-order valence-corrected chi connectivity index (χ3v) is 10.9. The van der Waals surface area contributed by atoms with Gasteiger partial charge in [0.2, 0.25) is 11.7 Å². The normalized spacial score (nSPS) is 13.8. The first-order chi connectivity index (χ1) is 15.8. The average Bonchev–Trinajstić information content (AvgIpc) is 2.71. The number of hydrogen-bond donors (Lipinski definition) is 1. The van der Waals surface area contributed by atoms with Crippen molar-refractivity contribution in [3.05, 3.63) is 39.7 Å². The van der Waals surface area contributed by atoms with Crippen LogP contribution in [-0.4, -0.2) is 71.8 Å². The number of hydrogen-bond acceptors (Lipinski definition) is 6. The van der Waals surface area contributed by atoms with E-state index in [-0.39, 0.29) is 11.6 Å². The minimum Gasteiger partial charge on any atom is -0.465 e.